The summed E-state index contributed by atoms with van der Waals surface area (Å²) in [5.74, 6) is 0.268. The maximum absolute atomic E-state index is 12.6. The Morgan fingerprint density at radius 3 is 2.29 bits per heavy atom. The maximum Gasteiger partial charge on any atom is 0.222 e. The van der Waals surface area contributed by atoms with Crippen molar-refractivity contribution < 1.29 is 4.79 Å². The largest absolute Gasteiger partial charge is 0.338 e. The molecule has 0 saturated carbocycles. The number of carbonyl (C=O) groups is 1. The summed E-state index contributed by atoms with van der Waals surface area (Å²) >= 11 is 0. The van der Waals surface area contributed by atoms with Crippen molar-refractivity contribution in [3.05, 3.63) is 0 Å². The van der Waals surface area contributed by atoms with Crippen LogP contribution in [0.2, 0.25) is 0 Å². The number of nitrogens with two attached hydrogens (primary N) is 1. The fourth-order valence-corrected chi connectivity index (χ4v) is 2.70. The number of piperidine rings is 1. The van der Waals surface area contributed by atoms with Crippen LogP contribution in [0.5, 0.6) is 0 Å². The lowest BCUT2D eigenvalue weighted by Gasteiger charge is -2.38. The van der Waals surface area contributed by atoms with E-state index in [4.69, 9.17) is 5.73 Å². The van der Waals surface area contributed by atoms with Crippen LogP contribution < -0.4 is 5.73 Å². The van der Waals surface area contributed by atoms with Crippen LogP contribution in [0.25, 0.3) is 0 Å². The minimum absolute atomic E-state index is 0.268. The van der Waals surface area contributed by atoms with Crippen molar-refractivity contribution in [2.75, 3.05) is 47.3 Å². The monoisotopic (exact) mass is 298 g/mol. The van der Waals surface area contributed by atoms with Crippen molar-refractivity contribution in [1.82, 2.24) is 14.7 Å². The van der Waals surface area contributed by atoms with Crippen molar-refractivity contribution in [1.29, 1.82) is 0 Å². The van der Waals surface area contributed by atoms with Crippen molar-refractivity contribution in [3.8, 4) is 0 Å². The molecule has 2 N–H and O–H groups in total. The van der Waals surface area contributed by atoms with Crippen molar-refractivity contribution in [2.45, 2.75) is 51.1 Å². The number of nitrogens with zero attached hydrogens (tertiary/aromatic N) is 3. The van der Waals surface area contributed by atoms with Crippen molar-refractivity contribution in [3.63, 3.8) is 0 Å². The molecular formula is C16H34N4O. The molecule has 1 heterocycles. The van der Waals surface area contributed by atoms with Gasteiger partial charge >= 0.3 is 0 Å². The van der Waals surface area contributed by atoms with Gasteiger partial charge in [-0.05, 0) is 67.3 Å². The highest BCUT2D eigenvalue weighted by atomic mass is 16.2. The number of likely N-dealkylation sites (N-methyl/N-ethyl adjacent to an activating group) is 1. The van der Waals surface area contributed by atoms with E-state index < -0.39 is 0 Å². The van der Waals surface area contributed by atoms with Crippen molar-refractivity contribution in [2.24, 2.45) is 5.73 Å². The van der Waals surface area contributed by atoms with Gasteiger partial charge in [-0.3, -0.25) is 4.79 Å². The number of hydrogen-bond acceptors (Lipinski definition) is 4. The Hall–Kier alpha value is -0.650. The average Bonchev–Trinajstić information content (AvgIpc) is 2.37. The number of rotatable bonds is 7. The van der Waals surface area contributed by atoms with Crippen LogP contribution in [0.4, 0.5) is 0 Å². The lowest BCUT2D eigenvalue weighted by atomic mass is 9.98. The van der Waals surface area contributed by atoms with E-state index in [-0.39, 0.29) is 11.4 Å². The molecule has 0 spiro atoms. The lowest BCUT2D eigenvalue weighted by Crippen LogP contribution is -2.49. The first-order chi connectivity index (χ1) is 9.69. The molecular weight excluding hydrogens is 264 g/mol. The molecule has 1 saturated heterocycles. The minimum atomic E-state index is -0.268. The molecule has 0 aromatic rings. The van der Waals surface area contributed by atoms with Gasteiger partial charge in [-0.15, -0.1) is 0 Å². The quantitative estimate of drug-likeness (QED) is 0.761. The topological polar surface area (TPSA) is 52.8 Å². The van der Waals surface area contributed by atoms with Gasteiger partial charge in [-0.25, -0.2) is 0 Å². The molecule has 5 nitrogen and oxygen atoms in total. The Balaban J connectivity index is 2.60. The molecule has 1 fully saturated rings. The third-order valence-corrected chi connectivity index (χ3v) is 4.22. The Morgan fingerprint density at radius 2 is 1.81 bits per heavy atom. The molecule has 0 aliphatic carbocycles. The zero-order chi connectivity index (χ0) is 16.0. The molecule has 1 aliphatic rings. The fourth-order valence-electron chi connectivity index (χ4n) is 2.70. The zero-order valence-electron chi connectivity index (χ0n) is 14.6. The lowest BCUT2D eigenvalue weighted by molar-refractivity contribution is -0.135. The number of likely N-dealkylation sites (tertiary alicyclic amines) is 1. The fraction of sp³-hybridized carbons (Fsp3) is 0.938. The minimum Gasteiger partial charge on any atom is -0.338 e. The molecule has 0 atom stereocenters. The van der Waals surface area contributed by atoms with E-state index >= 15 is 0 Å². The van der Waals surface area contributed by atoms with E-state index in [1.54, 1.807) is 0 Å². The maximum atomic E-state index is 12.6. The van der Waals surface area contributed by atoms with Crippen LogP contribution in [-0.2, 0) is 4.79 Å². The molecule has 21 heavy (non-hydrogen) atoms. The van der Waals surface area contributed by atoms with Gasteiger partial charge in [-0.1, -0.05) is 0 Å². The Bertz CT molecular complexity index is 317. The normalized spacial score (nSPS) is 18.2. The molecule has 0 aromatic heterocycles. The molecule has 0 bridgehead atoms. The highest BCUT2D eigenvalue weighted by molar-refractivity contribution is 5.76. The summed E-state index contributed by atoms with van der Waals surface area (Å²) in [4.78, 5) is 19.2. The molecule has 0 radical (unpaired) electrons. The summed E-state index contributed by atoms with van der Waals surface area (Å²) in [6.07, 6.45) is 3.48. The molecule has 124 valence electrons. The summed E-state index contributed by atoms with van der Waals surface area (Å²) in [6, 6.07) is 0.398. The van der Waals surface area contributed by atoms with E-state index in [2.05, 4.69) is 35.8 Å². The first-order valence-electron chi connectivity index (χ1n) is 8.10. The van der Waals surface area contributed by atoms with Crippen LogP contribution in [-0.4, -0.2) is 79.5 Å². The third kappa shape index (κ3) is 7.25. The molecule has 0 aromatic carbocycles. The van der Waals surface area contributed by atoms with E-state index in [9.17, 15) is 4.79 Å². The van der Waals surface area contributed by atoms with Gasteiger partial charge in [0.1, 0.15) is 0 Å². The van der Waals surface area contributed by atoms with Crippen LogP contribution in [0.15, 0.2) is 0 Å². The van der Waals surface area contributed by atoms with Gasteiger partial charge in [-0.2, -0.15) is 0 Å². The summed E-state index contributed by atoms with van der Waals surface area (Å²) < 4.78 is 0. The van der Waals surface area contributed by atoms with Gasteiger partial charge in [0.2, 0.25) is 5.91 Å². The second-order valence-corrected chi connectivity index (χ2v) is 7.41. The highest BCUT2D eigenvalue weighted by Crippen LogP contribution is 2.18. The van der Waals surface area contributed by atoms with Crippen LogP contribution >= 0.6 is 0 Å². The standard InChI is InChI=1S/C16H34N4O/c1-16(2,17)9-6-15(21)20(13-12-18(3)4)14-7-10-19(5)11-8-14/h14H,6-13,17H2,1-5H3. The average molecular weight is 298 g/mol. The van der Waals surface area contributed by atoms with Crippen LogP contribution in [0, 0.1) is 0 Å². The zero-order valence-corrected chi connectivity index (χ0v) is 14.6. The Morgan fingerprint density at radius 1 is 1.24 bits per heavy atom. The van der Waals surface area contributed by atoms with E-state index in [0.29, 0.717) is 12.5 Å². The van der Waals surface area contributed by atoms with Crippen molar-refractivity contribution >= 4 is 5.91 Å². The van der Waals surface area contributed by atoms with E-state index in [0.717, 1.165) is 45.4 Å². The summed E-state index contributed by atoms with van der Waals surface area (Å²) in [7, 11) is 6.26. The van der Waals surface area contributed by atoms with Crippen LogP contribution in [0.1, 0.15) is 39.5 Å². The molecule has 1 amide bonds. The first-order valence-corrected chi connectivity index (χ1v) is 8.10. The van der Waals surface area contributed by atoms with Crippen LogP contribution in [0.3, 0.4) is 0 Å². The summed E-state index contributed by atoms with van der Waals surface area (Å²) in [5, 5.41) is 0. The second-order valence-electron chi connectivity index (χ2n) is 7.41. The predicted octanol–water partition coefficient (Wildman–Crippen LogP) is 0.988. The Kier molecular flexibility index (Phi) is 7.10. The van der Waals surface area contributed by atoms with E-state index in [1.807, 2.05) is 13.8 Å². The van der Waals surface area contributed by atoms with E-state index in [1.165, 1.54) is 0 Å². The molecule has 0 unspecified atom stereocenters. The SMILES string of the molecule is CN(C)CCN(C(=O)CCC(C)(C)N)C1CCN(C)CC1. The predicted molar refractivity (Wildman–Crippen MR) is 88.3 cm³/mol. The second kappa shape index (κ2) is 8.11. The summed E-state index contributed by atoms with van der Waals surface area (Å²) in [5.41, 5.74) is 5.75. The van der Waals surface area contributed by atoms with Gasteiger partial charge < -0.3 is 20.4 Å². The van der Waals surface area contributed by atoms with Gasteiger partial charge in [0.05, 0.1) is 0 Å². The number of hydrogen-bond donors (Lipinski definition) is 1. The smallest absolute Gasteiger partial charge is 0.222 e. The Labute approximate surface area is 130 Å². The first kappa shape index (κ1) is 18.4. The molecule has 1 rings (SSSR count). The number of carbonyl (C=O) groups excluding carboxylic acids is 1. The highest BCUT2D eigenvalue weighted by Gasteiger charge is 2.27. The van der Waals surface area contributed by atoms with Gasteiger partial charge in [0.15, 0.2) is 0 Å². The summed E-state index contributed by atoms with van der Waals surface area (Å²) in [6.45, 7) is 7.88. The molecule has 5 heteroatoms. The third-order valence-electron chi connectivity index (χ3n) is 4.22. The molecule has 1 aliphatic heterocycles. The number of amides is 1. The van der Waals surface area contributed by atoms with Gasteiger partial charge in [0, 0.05) is 31.1 Å². The van der Waals surface area contributed by atoms with Gasteiger partial charge in [0.25, 0.3) is 0 Å².